The van der Waals surface area contributed by atoms with Gasteiger partial charge in [0.1, 0.15) is 17.6 Å². The van der Waals surface area contributed by atoms with E-state index in [4.69, 9.17) is 4.74 Å². The second-order valence-corrected chi connectivity index (χ2v) is 6.87. The summed E-state index contributed by atoms with van der Waals surface area (Å²) in [4.78, 5) is 23.4. The van der Waals surface area contributed by atoms with Gasteiger partial charge in [-0.15, -0.1) is 0 Å². The molecule has 1 saturated heterocycles. The molecule has 1 N–H and O–H groups in total. The monoisotopic (exact) mass is 352 g/mol. The number of aryl methyl sites for hydroxylation is 2. The van der Waals surface area contributed by atoms with Crippen molar-refractivity contribution in [1.82, 2.24) is 14.9 Å². The summed E-state index contributed by atoms with van der Waals surface area (Å²) in [5, 5.41) is 3.04. The fourth-order valence-corrected chi connectivity index (χ4v) is 3.84. The number of aromatic nitrogens is 2. The first-order chi connectivity index (χ1) is 12.7. The molecule has 0 radical (unpaired) electrons. The first-order valence-electron chi connectivity index (χ1n) is 9.23. The van der Waals surface area contributed by atoms with Crippen LogP contribution in [0.15, 0.2) is 30.6 Å². The zero-order valence-electron chi connectivity index (χ0n) is 15.1. The molecular formula is C20H24N4O2. The normalized spacial score (nSPS) is 19.3. The van der Waals surface area contributed by atoms with Crippen LogP contribution >= 0.6 is 0 Å². The van der Waals surface area contributed by atoms with Crippen molar-refractivity contribution in [3.8, 4) is 0 Å². The van der Waals surface area contributed by atoms with Crippen molar-refractivity contribution in [3.05, 3.63) is 53.0 Å². The zero-order chi connectivity index (χ0) is 17.9. The van der Waals surface area contributed by atoms with Gasteiger partial charge in [-0.2, -0.15) is 0 Å². The Bertz CT molecular complexity index is 808. The van der Waals surface area contributed by atoms with Crippen LogP contribution in [0, 0.1) is 0 Å². The van der Waals surface area contributed by atoms with E-state index in [1.807, 2.05) is 11.9 Å². The molecule has 1 aliphatic carbocycles. The van der Waals surface area contributed by atoms with Crippen molar-refractivity contribution in [2.45, 2.75) is 31.8 Å². The van der Waals surface area contributed by atoms with Crippen LogP contribution in [0.25, 0.3) is 0 Å². The number of anilines is 1. The van der Waals surface area contributed by atoms with Crippen LogP contribution in [0.5, 0.6) is 0 Å². The molecule has 4 rings (SSSR count). The minimum absolute atomic E-state index is 0.145. The number of amides is 1. The molecule has 2 heterocycles. The van der Waals surface area contributed by atoms with Crippen molar-refractivity contribution in [2.75, 3.05) is 32.1 Å². The lowest BCUT2D eigenvalue weighted by Gasteiger charge is -2.33. The van der Waals surface area contributed by atoms with Crippen molar-refractivity contribution < 1.29 is 9.53 Å². The van der Waals surface area contributed by atoms with Crippen molar-refractivity contribution in [3.63, 3.8) is 0 Å². The highest BCUT2D eigenvalue weighted by atomic mass is 16.5. The Hall–Kier alpha value is -2.47. The number of hydrogen-bond acceptors (Lipinski definition) is 5. The van der Waals surface area contributed by atoms with Gasteiger partial charge in [0.05, 0.1) is 19.6 Å². The first kappa shape index (κ1) is 17.0. The molecule has 6 nitrogen and oxygen atoms in total. The molecule has 136 valence electrons. The summed E-state index contributed by atoms with van der Waals surface area (Å²) in [7, 11) is 1.81. The second kappa shape index (κ2) is 7.41. The zero-order valence-corrected chi connectivity index (χ0v) is 15.1. The van der Waals surface area contributed by atoms with E-state index in [1.165, 1.54) is 24.0 Å². The summed E-state index contributed by atoms with van der Waals surface area (Å²) >= 11 is 0. The van der Waals surface area contributed by atoms with E-state index < -0.39 is 0 Å². The Balaban J connectivity index is 1.45. The van der Waals surface area contributed by atoms with Gasteiger partial charge in [0.2, 0.25) is 5.91 Å². The summed E-state index contributed by atoms with van der Waals surface area (Å²) < 4.78 is 5.86. The maximum atomic E-state index is 12.8. The number of nitrogens with zero attached hydrogens (tertiary/aromatic N) is 3. The van der Waals surface area contributed by atoms with Gasteiger partial charge in [-0.25, -0.2) is 4.98 Å². The predicted molar refractivity (Wildman–Crippen MR) is 99.0 cm³/mol. The first-order valence-corrected chi connectivity index (χ1v) is 9.23. The molecule has 0 bridgehead atoms. The van der Waals surface area contributed by atoms with Crippen LogP contribution in [0.3, 0.4) is 0 Å². The quantitative estimate of drug-likeness (QED) is 0.913. The van der Waals surface area contributed by atoms with Gasteiger partial charge in [0, 0.05) is 26.0 Å². The third-order valence-corrected chi connectivity index (χ3v) is 5.21. The number of benzene rings is 1. The van der Waals surface area contributed by atoms with E-state index in [1.54, 1.807) is 12.4 Å². The lowest BCUT2D eigenvalue weighted by molar-refractivity contribution is -0.138. The molecule has 1 aromatic carbocycles. The highest BCUT2D eigenvalue weighted by molar-refractivity contribution is 5.79. The standard InChI is InChI=1S/C20H24N4O2/c1-21-20-19(22-7-8-23-20)17-13-24(9-10-26-17)18(25)12-14-5-6-15-3-2-4-16(15)11-14/h5-8,11,17H,2-4,9-10,12-13H2,1H3,(H,21,23)/t17-/m0/s1. The number of carbonyl (C=O) groups is 1. The van der Waals surface area contributed by atoms with E-state index in [0.29, 0.717) is 31.9 Å². The molecule has 0 saturated carbocycles. The summed E-state index contributed by atoms with van der Waals surface area (Å²) in [5.41, 5.74) is 4.71. The molecule has 0 spiro atoms. The van der Waals surface area contributed by atoms with Gasteiger partial charge in [0.25, 0.3) is 0 Å². The van der Waals surface area contributed by atoms with E-state index in [2.05, 4.69) is 33.5 Å². The molecule has 26 heavy (non-hydrogen) atoms. The summed E-state index contributed by atoms with van der Waals surface area (Å²) in [6, 6.07) is 6.49. The molecule has 1 aromatic heterocycles. The van der Waals surface area contributed by atoms with E-state index in [-0.39, 0.29) is 12.0 Å². The third-order valence-electron chi connectivity index (χ3n) is 5.21. The van der Waals surface area contributed by atoms with Crippen molar-refractivity contribution in [2.24, 2.45) is 0 Å². The number of morpholine rings is 1. The fraction of sp³-hybridized carbons (Fsp3) is 0.450. The highest BCUT2D eigenvalue weighted by Gasteiger charge is 2.28. The number of nitrogens with one attached hydrogen (secondary N) is 1. The molecule has 2 aliphatic rings. The maximum absolute atomic E-state index is 12.8. The van der Waals surface area contributed by atoms with Gasteiger partial charge in [-0.3, -0.25) is 9.78 Å². The molecule has 1 atom stereocenters. The largest absolute Gasteiger partial charge is 0.372 e. The van der Waals surface area contributed by atoms with Gasteiger partial charge in [-0.05, 0) is 36.0 Å². The number of hydrogen-bond donors (Lipinski definition) is 1. The van der Waals surface area contributed by atoms with Crippen LogP contribution in [0.4, 0.5) is 5.82 Å². The van der Waals surface area contributed by atoms with Gasteiger partial charge >= 0.3 is 0 Å². The molecule has 2 aromatic rings. The highest BCUT2D eigenvalue weighted by Crippen LogP contribution is 2.26. The van der Waals surface area contributed by atoms with Crippen LogP contribution in [-0.4, -0.2) is 47.5 Å². The molecule has 1 aliphatic heterocycles. The average Bonchev–Trinajstić information content (AvgIpc) is 3.16. The van der Waals surface area contributed by atoms with E-state index in [0.717, 1.165) is 17.7 Å². The average molecular weight is 352 g/mol. The topological polar surface area (TPSA) is 67.4 Å². The second-order valence-electron chi connectivity index (χ2n) is 6.87. The van der Waals surface area contributed by atoms with Crippen LogP contribution < -0.4 is 5.32 Å². The molecular weight excluding hydrogens is 328 g/mol. The lowest BCUT2D eigenvalue weighted by Crippen LogP contribution is -2.43. The predicted octanol–water partition coefficient (Wildman–Crippen LogP) is 2.15. The Morgan fingerprint density at radius 1 is 1.27 bits per heavy atom. The van der Waals surface area contributed by atoms with Crippen LogP contribution in [0.1, 0.15) is 34.9 Å². The van der Waals surface area contributed by atoms with E-state index >= 15 is 0 Å². The van der Waals surface area contributed by atoms with Crippen LogP contribution in [-0.2, 0) is 28.8 Å². The summed E-state index contributed by atoms with van der Waals surface area (Å²) in [6.07, 6.45) is 7.03. The molecule has 0 unspecified atom stereocenters. The Kier molecular flexibility index (Phi) is 4.84. The Labute approximate surface area is 153 Å². The molecule has 1 fully saturated rings. The number of rotatable bonds is 4. The minimum Gasteiger partial charge on any atom is -0.372 e. The smallest absolute Gasteiger partial charge is 0.227 e. The Morgan fingerprint density at radius 2 is 2.12 bits per heavy atom. The van der Waals surface area contributed by atoms with Crippen molar-refractivity contribution in [1.29, 1.82) is 0 Å². The van der Waals surface area contributed by atoms with Gasteiger partial charge < -0.3 is 15.0 Å². The van der Waals surface area contributed by atoms with Gasteiger partial charge in [-0.1, -0.05) is 18.2 Å². The van der Waals surface area contributed by atoms with E-state index in [9.17, 15) is 4.79 Å². The number of carbonyl (C=O) groups excluding carboxylic acids is 1. The fourth-order valence-electron chi connectivity index (χ4n) is 3.84. The molecule has 6 heteroatoms. The molecule has 1 amide bonds. The van der Waals surface area contributed by atoms with Crippen molar-refractivity contribution >= 4 is 11.7 Å². The van der Waals surface area contributed by atoms with Gasteiger partial charge in [0.15, 0.2) is 0 Å². The summed E-state index contributed by atoms with van der Waals surface area (Å²) in [5.74, 6) is 0.844. The maximum Gasteiger partial charge on any atom is 0.227 e. The number of ether oxygens (including phenoxy) is 1. The lowest BCUT2D eigenvalue weighted by atomic mass is 10.0. The SMILES string of the molecule is CNc1nccnc1[C@@H]1CN(C(=O)Cc2ccc3c(c2)CCC3)CCO1. The third kappa shape index (κ3) is 3.42. The van der Waals surface area contributed by atoms with Crippen LogP contribution in [0.2, 0.25) is 0 Å². The minimum atomic E-state index is -0.246. The summed E-state index contributed by atoms with van der Waals surface area (Å²) in [6.45, 7) is 1.65. The number of fused-ring (bicyclic) bond motifs is 1. The Morgan fingerprint density at radius 3 is 3.00 bits per heavy atom.